The van der Waals surface area contributed by atoms with E-state index in [4.69, 9.17) is 0 Å². The standard InChI is InChI=1S/C77H156O4/c1-5-9-13-17-21-25-29-33-37-41-45-49-53-57-61-65-69-76(80,70-66-62-58-54-50-46-42-38-34-30-26-22-18-14-10-6-2)75(73-78,74-79)77(81,71-67-63-59-55-51-47-43-39-35-31-27-23-19-15-11-7-3)72-68-64-60-56-52-48-44-40-36-32-28-24-20-16-12-8-4/h78-81H,5-74H2,1-4H3. The molecule has 81 heavy (non-hydrogen) atoms. The molecular formula is C77H156O4. The third-order valence-electron chi connectivity index (χ3n) is 20.1. The lowest BCUT2D eigenvalue weighted by molar-refractivity contribution is -0.241. The first-order valence-corrected chi connectivity index (χ1v) is 38.5. The zero-order chi connectivity index (χ0) is 59.0. The first-order valence-electron chi connectivity index (χ1n) is 38.5. The van der Waals surface area contributed by atoms with Gasteiger partial charge < -0.3 is 20.4 Å². The van der Waals surface area contributed by atoms with E-state index >= 15 is 0 Å². The molecule has 4 N–H and O–H groups in total. The smallest absolute Gasteiger partial charge is 0.0775 e. The van der Waals surface area contributed by atoms with Crippen molar-refractivity contribution in [3.05, 3.63) is 0 Å². The van der Waals surface area contributed by atoms with Crippen molar-refractivity contribution < 1.29 is 20.4 Å². The molecule has 0 heterocycles. The quantitative estimate of drug-likeness (QED) is 0.0458. The topological polar surface area (TPSA) is 80.9 Å². The van der Waals surface area contributed by atoms with Crippen LogP contribution in [0.3, 0.4) is 0 Å². The summed E-state index contributed by atoms with van der Waals surface area (Å²) in [6, 6.07) is 0. The van der Waals surface area contributed by atoms with Gasteiger partial charge in [-0.1, -0.05) is 439 Å². The Balaban J connectivity index is 5.60. The van der Waals surface area contributed by atoms with Crippen molar-refractivity contribution in [1.29, 1.82) is 0 Å². The van der Waals surface area contributed by atoms with E-state index in [2.05, 4.69) is 27.7 Å². The summed E-state index contributed by atoms with van der Waals surface area (Å²) >= 11 is 0. The molecule has 0 aliphatic heterocycles. The average Bonchev–Trinajstić information content (AvgIpc) is 3.60. The Hall–Kier alpha value is -0.160. The monoisotopic (exact) mass is 1150 g/mol. The maximum Gasteiger partial charge on any atom is 0.0775 e. The molecule has 0 aromatic rings. The number of aliphatic hydroxyl groups excluding tert-OH is 2. The van der Waals surface area contributed by atoms with Crippen LogP contribution in [0, 0.1) is 5.41 Å². The van der Waals surface area contributed by atoms with Gasteiger partial charge in [-0.25, -0.2) is 0 Å². The lowest BCUT2D eigenvalue weighted by Crippen LogP contribution is -2.66. The van der Waals surface area contributed by atoms with E-state index in [1.165, 1.54) is 360 Å². The lowest BCUT2D eigenvalue weighted by atomic mass is 9.56. The Morgan fingerprint density at radius 1 is 0.160 bits per heavy atom. The highest BCUT2D eigenvalue weighted by Gasteiger charge is 2.60. The van der Waals surface area contributed by atoms with E-state index in [0.29, 0.717) is 25.7 Å². The Kier molecular flexibility index (Phi) is 64.2. The zero-order valence-electron chi connectivity index (χ0n) is 56.8. The summed E-state index contributed by atoms with van der Waals surface area (Å²) < 4.78 is 0. The summed E-state index contributed by atoms with van der Waals surface area (Å²) in [4.78, 5) is 0. The van der Waals surface area contributed by atoms with E-state index in [1.54, 1.807) is 0 Å². The summed E-state index contributed by atoms with van der Waals surface area (Å²) in [5.74, 6) is 0. The number of hydrogen-bond donors (Lipinski definition) is 4. The van der Waals surface area contributed by atoms with Crippen LogP contribution in [0.1, 0.15) is 464 Å². The molecule has 0 rings (SSSR count). The molecule has 0 aliphatic carbocycles. The number of unbranched alkanes of at least 4 members (excludes halogenated alkanes) is 60. The summed E-state index contributed by atoms with van der Waals surface area (Å²) in [5.41, 5.74) is -3.95. The van der Waals surface area contributed by atoms with Gasteiger partial charge in [0, 0.05) is 0 Å². The molecule has 0 saturated carbocycles. The highest BCUT2D eigenvalue weighted by Crippen LogP contribution is 2.51. The normalized spacial score (nSPS) is 12.4. The van der Waals surface area contributed by atoms with Crippen LogP contribution in [-0.2, 0) is 0 Å². The van der Waals surface area contributed by atoms with Gasteiger partial charge in [-0.15, -0.1) is 0 Å². The molecule has 0 saturated heterocycles. The second-order valence-corrected chi connectivity index (χ2v) is 27.7. The summed E-state index contributed by atoms with van der Waals surface area (Å²) in [6.45, 7) is 8.49. The van der Waals surface area contributed by atoms with Crippen LogP contribution < -0.4 is 0 Å². The predicted molar refractivity (Wildman–Crippen MR) is 363 cm³/mol. The molecule has 0 unspecified atom stereocenters. The van der Waals surface area contributed by atoms with Crippen molar-refractivity contribution in [2.75, 3.05) is 13.2 Å². The highest BCUT2D eigenvalue weighted by atomic mass is 16.3. The second-order valence-electron chi connectivity index (χ2n) is 27.7. The number of hydrogen-bond acceptors (Lipinski definition) is 4. The van der Waals surface area contributed by atoms with E-state index in [0.717, 1.165) is 51.4 Å². The van der Waals surface area contributed by atoms with Gasteiger partial charge in [-0.3, -0.25) is 0 Å². The van der Waals surface area contributed by atoms with Gasteiger partial charge in [-0.05, 0) is 25.7 Å². The number of rotatable bonds is 72. The van der Waals surface area contributed by atoms with Gasteiger partial charge in [-0.2, -0.15) is 0 Å². The minimum absolute atomic E-state index is 0.355. The van der Waals surface area contributed by atoms with E-state index in [-0.39, 0.29) is 13.2 Å². The van der Waals surface area contributed by atoms with Gasteiger partial charge in [0.05, 0.1) is 29.8 Å². The van der Waals surface area contributed by atoms with Crippen molar-refractivity contribution in [2.24, 2.45) is 5.41 Å². The summed E-state index contributed by atoms with van der Waals surface area (Å²) in [7, 11) is 0. The summed E-state index contributed by atoms with van der Waals surface area (Å²) in [6.07, 6.45) is 86.2. The van der Waals surface area contributed by atoms with Crippen LogP contribution in [0.4, 0.5) is 0 Å². The molecule has 0 aliphatic rings. The third kappa shape index (κ3) is 48.5. The molecule has 0 radical (unpaired) electrons. The first-order chi connectivity index (χ1) is 39.9. The van der Waals surface area contributed by atoms with E-state index < -0.39 is 16.6 Å². The SMILES string of the molecule is CCCCCCCCCCCCCCCCCCC(O)(CCCCCCCCCCCCCCCCCC)C(CO)(CO)C(O)(CCCCCCCCCCCCCCCCCC)CCCCCCCCCCCCCCCCCC. The van der Waals surface area contributed by atoms with Crippen LogP contribution in [0.2, 0.25) is 0 Å². The second kappa shape index (κ2) is 64.3. The van der Waals surface area contributed by atoms with Gasteiger partial charge in [0.1, 0.15) is 0 Å². The molecule has 0 fully saturated rings. The molecule has 4 heteroatoms. The van der Waals surface area contributed by atoms with Crippen molar-refractivity contribution in [3.8, 4) is 0 Å². The lowest BCUT2D eigenvalue weighted by Gasteiger charge is -2.55. The highest BCUT2D eigenvalue weighted by molar-refractivity contribution is 5.10. The van der Waals surface area contributed by atoms with Crippen LogP contribution >= 0.6 is 0 Å². The van der Waals surface area contributed by atoms with Gasteiger partial charge in [0.25, 0.3) is 0 Å². The molecule has 0 aromatic heterocycles. The zero-order valence-corrected chi connectivity index (χ0v) is 56.8. The fraction of sp³-hybridized carbons (Fsp3) is 1.00. The van der Waals surface area contributed by atoms with Crippen molar-refractivity contribution >= 4 is 0 Å². The van der Waals surface area contributed by atoms with Crippen molar-refractivity contribution in [1.82, 2.24) is 0 Å². The molecule has 0 spiro atoms. The molecule has 488 valence electrons. The average molecular weight is 1150 g/mol. The van der Waals surface area contributed by atoms with Crippen LogP contribution in [0.15, 0.2) is 0 Å². The molecule has 0 bridgehead atoms. The molecule has 0 atom stereocenters. The third-order valence-corrected chi connectivity index (χ3v) is 20.1. The number of aliphatic hydroxyl groups is 4. The largest absolute Gasteiger partial charge is 0.395 e. The van der Waals surface area contributed by atoms with Crippen LogP contribution in [-0.4, -0.2) is 44.8 Å². The molecule has 0 amide bonds. The fourth-order valence-electron chi connectivity index (χ4n) is 14.1. The van der Waals surface area contributed by atoms with Gasteiger partial charge >= 0.3 is 0 Å². The van der Waals surface area contributed by atoms with Crippen LogP contribution in [0.25, 0.3) is 0 Å². The first kappa shape index (κ1) is 80.8. The maximum absolute atomic E-state index is 13.3. The van der Waals surface area contributed by atoms with E-state index in [1.807, 2.05) is 0 Å². The van der Waals surface area contributed by atoms with Crippen LogP contribution in [0.5, 0.6) is 0 Å². The minimum atomic E-state index is -1.34. The molecule has 0 aromatic carbocycles. The fourth-order valence-corrected chi connectivity index (χ4v) is 14.1. The van der Waals surface area contributed by atoms with Crippen molar-refractivity contribution in [3.63, 3.8) is 0 Å². The maximum atomic E-state index is 13.3. The minimum Gasteiger partial charge on any atom is -0.395 e. The Labute approximate surface area is 512 Å². The predicted octanol–water partition coefficient (Wildman–Crippen LogP) is 26.0. The Morgan fingerprint density at radius 3 is 0.358 bits per heavy atom. The van der Waals surface area contributed by atoms with E-state index in [9.17, 15) is 20.4 Å². The Bertz CT molecular complexity index is 994. The Morgan fingerprint density at radius 2 is 0.259 bits per heavy atom. The van der Waals surface area contributed by atoms with Gasteiger partial charge in [0.15, 0.2) is 0 Å². The molecule has 4 nitrogen and oxygen atoms in total. The summed E-state index contributed by atoms with van der Waals surface area (Å²) in [5, 5.41) is 50.0. The molecular weight excluding hydrogens is 989 g/mol. The van der Waals surface area contributed by atoms with Crippen molar-refractivity contribution in [2.45, 2.75) is 476 Å². The van der Waals surface area contributed by atoms with Gasteiger partial charge in [0.2, 0.25) is 0 Å².